The lowest BCUT2D eigenvalue weighted by atomic mass is 10.0. The molecule has 0 saturated heterocycles. The molecule has 1 nitrogen and oxygen atoms in total. The molecule has 0 saturated carbocycles. The van der Waals surface area contributed by atoms with Gasteiger partial charge in [-0.2, -0.15) is 0 Å². The van der Waals surface area contributed by atoms with Gasteiger partial charge in [-0.1, -0.05) is 35.3 Å². The third-order valence-corrected chi connectivity index (χ3v) is 4.27. The van der Waals surface area contributed by atoms with Gasteiger partial charge < -0.3 is 0 Å². The summed E-state index contributed by atoms with van der Waals surface area (Å²) in [5.74, 6) is -2.07. The van der Waals surface area contributed by atoms with Crippen molar-refractivity contribution in [1.82, 2.24) is 0 Å². The van der Waals surface area contributed by atoms with E-state index in [9.17, 15) is 13.6 Å². The van der Waals surface area contributed by atoms with Crippen LogP contribution in [0.15, 0.2) is 34.8 Å². The molecule has 0 unspecified atom stereocenters. The Balaban J connectivity index is 2.34. The van der Waals surface area contributed by atoms with E-state index >= 15 is 0 Å². The fraction of sp³-hybridized carbons (Fsp3) is 0.0714. The first-order valence-corrected chi connectivity index (χ1v) is 7.06. The van der Waals surface area contributed by atoms with E-state index in [1.165, 1.54) is 30.3 Å². The lowest BCUT2D eigenvalue weighted by molar-refractivity contribution is 0.0988. The summed E-state index contributed by atoms with van der Waals surface area (Å²) < 4.78 is 28.0. The van der Waals surface area contributed by atoms with Gasteiger partial charge in [-0.3, -0.25) is 4.79 Å². The van der Waals surface area contributed by atoms with E-state index in [0.29, 0.717) is 4.47 Å². The summed E-state index contributed by atoms with van der Waals surface area (Å²) in [6.45, 7) is 0. The van der Waals surface area contributed by atoms with Crippen LogP contribution in [0.3, 0.4) is 0 Å². The quantitative estimate of drug-likeness (QED) is 0.511. The number of hydrogen-bond donors (Lipinski definition) is 0. The number of carbonyl (C=O) groups is 1. The second-order valence-corrected chi connectivity index (χ2v) is 5.68. The van der Waals surface area contributed by atoms with E-state index in [-0.39, 0.29) is 27.6 Å². The van der Waals surface area contributed by atoms with Gasteiger partial charge in [0.05, 0.1) is 15.6 Å². The number of ketones is 1. The molecule has 6 heteroatoms. The topological polar surface area (TPSA) is 17.1 Å². The number of carbonyl (C=O) groups excluding carboxylic acids is 1. The molecular formula is C14H7BrCl2F2O. The van der Waals surface area contributed by atoms with E-state index in [4.69, 9.17) is 23.2 Å². The molecule has 0 spiro atoms. The molecular weight excluding hydrogens is 373 g/mol. The standard InChI is InChI=1S/C14H7BrCl2F2O/c15-9-5-4-8(14(19)12(9)17)11(20)6-7-2-1-3-10(16)13(7)18/h1-5H,6H2. The maximum Gasteiger partial charge on any atom is 0.170 e. The molecule has 0 radical (unpaired) electrons. The predicted octanol–water partition coefficient (Wildman–Crippen LogP) is 5.46. The molecule has 0 fully saturated rings. The highest BCUT2D eigenvalue weighted by Crippen LogP contribution is 2.28. The Bertz CT molecular complexity index is 689. The molecule has 0 aliphatic heterocycles. The summed E-state index contributed by atoms with van der Waals surface area (Å²) in [5.41, 5.74) is -0.0708. The molecule has 104 valence electrons. The minimum absolute atomic E-state index is 0.0791. The normalized spacial score (nSPS) is 10.7. The molecule has 0 aliphatic carbocycles. The van der Waals surface area contributed by atoms with Crippen molar-refractivity contribution in [1.29, 1.82) is 0 Å². The van der Waals surface area contributed by atoms with Gasteiger partial charge in [0, 0.05) is 10.9 Å². The summed E-state index contributed by atoms with van der Waals surface area (Å²) in [6.07, 6.45) is -0.290. The van der Waals surface area contributed by atoms with E-state index in [0.717, 1.165) is 0 Å². The SMILES string of the molecule is O=C(Cc1cccc(Cl)c1F)c1ccc(Br)c(Cl)c1F. The van der Waals surface area contributed by atoms with Gasteiger partial charge in [-0.05, 0) is 39.7 Å². The van der Waals surface area contributed by atoms with Gasteiger partial charge >= 0.3 is 0 Å². The number of halogens is 5. The highest BCUT2D eigenvalue weighted by Gasteiger charge is 2.18. The van der Waals surface area contributed by atoms with E-state index in [2.05, 4.69) is 15.9 Å². The Labute approximate surface area is 132 Å². The van der Waals surface area contributed by atoms with Crippen molar-refractivity contribution in [3.63, 3.8) is 0 Å². The third kappa shape index (κ3) is 3.03. The number of rotatable bonds is 3. The van der Waals surface area contributed by atoms with Crippen LogP contribution in [-0.2, 0) is 6.42 Å². The second kappa shape index (κ2) is 6.20. The maximum atomic E-state index is 13.9. The Morgan fingerprint density at radius 1 is 1.10 bits per heavy atom. The van der Waals surface area contributed by atoms with Crippen LogP contribution < -0.4 is 0 Å². The molecule has 20 heavy (non-hydrogen) atoms. The zero-order valence-corrected chi connectivity index (χ0v) is 13.0. The van der Waals surface area contributed by atoms with Gasteiger partial charge in [-0.15, -0.1) is 0 Å². The van der Waals surface area contributed by atoms with E-state index in [1.807, 2.05) is 0 Å². The van der Waals surface area contributed by atoms with Crippen LogP contribution in [0.2, 0.25) is 10.0 Å². The Kier molecular flexibility index (Phi) is 4.78. The molecule has 0 bridgehead atoms. The molecule has 2 aromatic carbocycles. The molecule has 2 aromatic rings. The van der Waals surface area contributed by atoms with Gasteiger partial charge in [0.25, 0.3) is 0 Å². The first-order valence-electron chi connectivity index (χ1n) is 5.51. The van der Waals surface area contributed by atoms with Crippen LogP contribution in [0.5, 0.6) is 0 Å². The summed E-state index contributed by atoms with van der Waals surface area (Å²) in [6, 6.07) is 7.10. The first kappa shape index (κ1) is 15.4. The van der Waals surface area contributed by atoms with Crippen LogP contribution in [0.25, 0.3) is 0 Å². The zero-order valence-electron chi connectivity index (χ0n) is 9.89. The molecule has 2 rings (SSSR count). The van der Waals surface area contributed by atoms with Crippen LogP contribution in [0, 0.1) is 11.6 Å². The van der Waals surface area contributed by atoms with Crippen molar-refractivity contribution >= 4 is 44.9 Å². The van der Waals surface area contributed by atoms with Crippen LogP contribution in [-0.4, -0.2) is 5.78 Å². The van der Waals surface area contributed by atoms with Crippen LogP contribution in [0.1, 0.15) is 15.9 Å². The smallest absolute Gasteiger partial charge is 0.170 e. The average Bonchev–Trinajstić information content (AvgIpc) is 2.41. The fourth-order valence-electron chi connectivity index (χ4n) is 1.69. The van der Waals surface area contributed by atoms with Gasteiger partial charge in [0.1, 0.15) is 5.82 Å². The van der Waals surface area contributed by atoms with Gasteiger partial charge in [0.2, 0.25) is 0 Å². The van der Waals surface area contributed by atoms with Gasteiger partial charge in [-0.25, -0.2) is 8.78 Å². The monoisotopic (exact) mass is 378 g/mol. The van der Waals surface area contributed by atoms with Crippen molar-refractivity contribution in [2.45, 2.75) is 6.42 Å². The number of Topliss-reactive ketones (excluding diaryl/α,β-unsaturated/α-hetero) is 1. The Morgan fingerprint density at radius 2 is 1.80 bits per heavy atom. The largest absolute Gasteiger partial charge is 0.294 e. The first-order chi connectivity index (χ1) is 9.41. The van der Waals surface area contributed by atoms with Crippen molar-refractivity contribution in [2.24, 2.45) is 0 Å². The summed E-state index contributed by atoms with van der Waals surface area (Å²) in [5, 5.41) is -0.257. The maximum absolute atomic E-state index is 13.9. The van der Waals surface area contributed by atoms with Crippen molar-refractivity contribution in [3.05, 3.63) is 67.6 Å². The summed E-state index contributed by atoms with van der Waals surface area (Å²) >= 11 is 14.4. The minimum atomic E-state index is -0.825. The van der Waals surface area contributed by atoms with Gasteiger partial charge in [0.15, 0.2) is 11.6 Å². The Morgan fingerprint density at radius 3 is 2.50 bits per heavy atom. The zero-order chi connectivity index (χ0) is 14.9. The van der Waals surface area contributed by atoms with Crippen LogP contribution >= 0.6 is 39.1 Å². The predicted molar refractivity (Wildman–Crippen MR) is 78.6 cm³/mol. The fourth-order valence-corrected chi connectivity index (χ4v) is 2.36. The molecule has 0 atom stereocenters. The van der Waals surface area contributed by atoms with Crippen molar-refractivity contribution in [3.8, 4) is 0 Å². The Hall–Kier alpha value is -0.970. The molecule has 0 aromatic heterocycles. The third-order valence-electron chi connectivity index (χ3n) is 2.72. The summed E-state index contributed by atoms with van der Waals surface area (Å²) in [7, 11) is 0. The minimum Gasteiger partial charge on any atom is -0.294 e. The van der Waals surface area contributed by atoms with Crippen molar-refractivity contribution in [2.75, 3.05) is 0 Å². The van der Waals surface area contributed by atoms with Crippen molar-refractivity contribution < 1.29 is 13.6 Å². The molecule has 0 N–H and O–H groups in total. The molecule has 0 heterocycles. The summed E-state index contributed by atoms with van der Waals surface area (Å²) in [4.78, 5) is 12.0. The molecule has 0 aliphatic rings. The molecule has 0 amide bonds. The van der Waals surface area contributed by atoms with Crippen LogP contribution in [0.4, 0.5) is 8.78 Å². The highest BCUT2D eigenvalue weighted by molar-refractivity contribution is 9.10. The lowest BCUT2D eigenvalue weighted by Gasteiger charge is -2.07. The number of hydrogen-bond acceptors (Lipinski definition) is 1. The second-order valence-electron chi connectivity index (χ2n) is 4.04. The lowest BCUT2D eigenvalue weighted by Crippen LogP contribution is -2.08. The van der Waals surface area contributed by atoms with E-state index < -0.39 is 17.4 Å². The number of benzene rings is 2. The van der Waals surface area contributed by atoms with E-state index in [1.54, 1.807) is 0 Å². The highest BCUT2D eigenvalue weighted by atomic mass is 79.9. The average molecular weight is 380 g/mol.